The number of aliphatic hydroxyl groups is 1. The molecule has 0 aromatic rings. The number of hydrogen-bond acceptors (Lipinski definition) is 3. The maximum atomic E-state index is 12.0. The molecule has 0 radical (unpaired) electrons. The number of carbonyl (C=O) groups excluding carboxylic acids is 1. The van der Waals surface area contributed by atoms with Crippen LogP contribution in [-0.4, -0.2) is 24.3 Å². The van der Waals surface area contributed by atoms with Crippen molar-refractivity contribution in [2.75, 3.05) is 13.2 Å². The minimum atomic E-state index is 0.0254. The van der Waals surface area contributed by atoms with E-state index in [-0.39, 0.29) is 5.97 Å². The Morgan fingerprint density at radius 1 is 0.339 bits per heavy atom. The lowest BCUT2D eigenvalue weighted by molar-refractivity contribution is -0.143. The highest BCUT2D eigenvalue weighted by Crippen LogP contribution is 2.17. The molecule has 0 fully saturated rings. The van der Waals surface area contributed by atoms with Crippen LogP contribution in [0.5, 0.6) is 0 Å². The first-order valence-corrected chi connectivity index (χ1v) is 26.2. The normalized spacial score (nSPS) is 11.7. The summed E-state index contributed by atoms with van der Waals surface area (Å²) in [6.07, 6.45) is 68.0. The molecule has 0 aromatic heterocycles. The molecule has 0 rings (SSSR count). The van der Waals surface area contributed by atoms with Crippen LogP contribution in [0.25, 0.3) is 0 Å². The van der Waals surface area contributed by atoms with Crippen molar-refractivity contribution >= 4 is 5.97 Å². The Bertz CT molecular complexity index is 732. The summed E-state index contributed by atoms with van der Waals surface area (Å²) in [5.74, 6) is 0.0254. The smallest absolute Gasteiger partial charge is 0.305 e. The second-order valence-corrected chi connectivity index (χ2v) is 17.9. The summed E-state index contributed by atoms with van der Waals surface area (Å²) in [7, 11) is 0. The van der Waals surface area contributed by atoms with E-state index in [0.29, 0.717) is 19.6 Å². The molecule has 0 amide bonds. The summed E-state index contributed by atoms with van der Waals surface area (Å²) in [6, 6.07) is 0. The number of ether oxygens (including phenoxy) is 1. The van der Waals surface area contributed by atoms with Crippen molar-refractivity contribution in [2.24, 2.45) is 0 Å². The van der Waals surface area contributed by atoms with Gasteiger partial charge in [0, 0.05) is 13.0 Å². The number of esters is 1. The van der Waals surface area contributed by atoms with Gasteiger partial charge in [0.2, 0.25) is 0 Å². The molecule has 0 bridgehead atoms. The molecule has 1 N–H and O–H groups in total. The van der Waals surface area contributed by atoms with Gasteiger partial charge in [0.15, 0.2) is 0 Å². The lowest BCUT2D eigenvalue weighted by Crippen LogP contribution is -2.05. The van der Waals surface area contributed by atoms with Gasteiger partial charge in [0.05, 0.1) is 6.61 Å². The van der Waals surface area contributed by atoms with Gasteiger partial charge >= 0.3 is 5.97 Å². The molecule has 0 spiro atoms. The standard InChI is InChI=1S/C53H104O3/c1-2-3-4-5-6-7-8-9-10-26-29-32-35-38-41-44-47-50-53(55)56-52-49-46-43-40-37-34-31-28-25-23-21-19-17-15-13-11-12-14-16-18-20-22-24-27-30-33-36-39-42-45-48-51-54/h7-8,54H,2-6,9-52H2,1H3. The van der Waals surface area contributed by atoms with E-state index >= 15 is 0 Å². The summed E-state index contributed by atoms with van der Waals surface area (Å²) in [6.45, 7) is 3.27. The third-order valence-electron chi connectivity index (χ3n) is 12.2. The van der Waals surface area contributed by atoms with E-state index in [9.17, 15) is 4.79 Å². The zero-order valence-electron chi connectivity index (χ0n) is 38.6. The summed E-state index contributed by atoms with van der Waals surface area (Å²) >= 11 is 0. The molecule has 0 aliphatic rings. The average Bonchev–Trinajstić information content (AvgIpc) is 3.20. The molecule has 0 atom stereocenters. The highest BCUT2D eigenvalue weighted by Gasteiger charge is 2.03. The number of rotatable bonds is 50. The fourth-order valence-electron chi connectivity index (χ4n) is 8.29. The van der Waals surface area contributed by atoms with Crippen molar-refractivity contribution in [2.45, 2.75) is 309 Å². The van der Waals surface area contributed by atoms with Crippen molar-refractivity contribution in [3.05, 3.63) is 12.2 Å². The first-order valence-electron chi connectivity index (χ1n) is 26.2. The van der Waals surface area contributed by atoms with Gasteiger partial charge in [-0.15, -0.1) is 0 Å². The molecule has 3 nitrogen and oxygen atoms in total. The van der Waals surface area contributed by atoms with E-state index in [2.05, 4.69) is 19.1 Å². The maximum absolute atomic E-state index is 12.0. The van der Waals surface area contributed by atoms with Crippen molar-refractivity contribution in [3.63, 3.8) is 0 Å². The summed E-state index contributed by atoms with van der Waals surface area (Å²) in [5, 5.41) is 8.82. The molecule has 56 heavy (non-hydrogen) atoms. The van der Waals surface area contributed by atoms with Gasteiger partial charge in [-0.05, 0) is 44.9 Å². The lowest BCUT2D eigenvalue weighted by atomic mass is 10.0. The molecule has 0 aromatic carbocycles. The highest BCUT2D eigenvalue weighted by atomic mass is 16.5. The van der Waals surface area contributed by atoms with Gasteiger partial charge in [-0.2, -0.15) is 0 Å². The molecular formula is C53H104O3. The summed E-state index contributed by atoms with van der Waals surface area (Å²) in [4.78, 5) is 12.0. The Balaban J connectivity index is 3.14. The van der Waals surface area contributed by atoms with E-state index < -0.39 is 0 Å². The maximum Gasteiger partial charge on any atom is 0.305 e. The molecule has 0 aliphatic heterocycles. The Morgan fingerprint density at radius 2 is 0.589 bits per heavy atom. The predicted octanol–water partition coefficient (Wildman–Crippen LogP) is 18.4. The fourth-order valence-corrected chi connectivity index (χ4v) is 8.29. The fraction of sp³-hybridized carbons (Fsp3) is 0.943. The third-order valence-corrected chi connectivity index (χ3v) is 12.2. The first kappa shape index (κ1) is 55.2. The third kappa shape index (κ3) is 51.2. The topological polar surface area (TPSA) is 46.5 Å². The Morgan fingerprint density at radius 3 is 0.893 bits per heavy atom. The van der Waals surface area contributed by atoms with Crippen molar-refractivity contribution in [1.82, 2.24) is 0 Å². The Kier molecular flexibility index (Phi) is 51.4. The van der Waals surface area contributed by atoms with E-state index in [0.717, 1.165) is 19.3 Å². The highest BCUT2D eigenvalue weighted by molar-refractivity contribution is 5.69. The number of hydrogen-bond donors (Lipinski definition) is 1. The zero-order valence-corrected chi connectivity index (χ0v) is 38.6. The van der Waals surface area contributed by atoms with Gasteiger partial charge in [-0.25, -0.2) is 0 Å². The number of aliphatic hydroxyl groups excluding tert-OH is 1. The van der Waals surface area contributed by atoms with Crippen LogP contribution in [0.2, 0.25) is 0 Å². The molecule has 0 heterocycles. The van der Waals surface area contributed by atoms with Gasteiger partial charge in [-0.1, -0.05) is 269 Å². The monoisotopic (exact) mass is 789 g/mol. The molecule has 334 valence electrons. The van der Waals surface area contributed by atoms with Crippen LogP contribution in [0.4, 0.5) is 0 Å². The molecule has 0 aliphatic carbocycles. The van der Waals surface area contributed by atoms with E-state index in [1.54, 1.807) is 0 Å². The van der Waals surface area contributed by atoms with E-state index in [4.69, 9.17) is 9.84 Å². The molecule has 0 saturated heterocycles. The van der Waals surface area contributed by atoms with Crippen molar-refractivity contribution < 1.29 is 14.6 Å². The number of carbonyl (C=O) groups is 1. The molecule has 0 unspecified atom stereocenters. The van der Waals surface area contributed by atoms with Gasteiger partial charge in [0.25, 0.3) is 0 Å². The predicted molar refractivity (Wildman–Crippen MR) is 250 cm³/mol. The SMILES string of the molecule is CCCCCCC=CCCCCCCCCCCCC(=O)OCCCCCCCCCCCCCCCCCCCCCCCCCCCCCCCCCO. The quantitative estimate of drug-likeness (QED) is 0.0379. The van der Waals surface area contributed by atoms with Crippen LogP contribution in [0.1, 0.15) is 309 Å². The van der Waals surface area contributed by atoms with Crippen LogP contribution in [-0.2, 0) is 9.53 Å². The number of allylic oxidation sites excluding steroid dienone is 2. The van der Waals surface area contributed by atoms with Crippen LogP contribution in [0.3, 0.4) is 0 Å². The van der Waals surface area contributed by atoms with E-state index in [1.807, 2.05) is 0 Å². The largest absolute Gasteiger partial charge is 0.466 e. The second-order valence-electron chi connectivity index (χ2n) is 17.9. The summed E-state index contributed by atoms with van der Waals surface area (Å²) in [5.41, 5.74) is 0. The molecule has 3 heteroatoms. The number of unbranched alkanes of at least 4 members (excludes halogenated alkanes) is 43. The van der Waals surface area contributed by atoms with Gasteiger partial charge in [-0.3, -0.25) is 4.79 Å². The second kappa shape index (κ2) is 52.2. The van der Waals surface area contributed by atoms with Crippen molar-refractivity contribution in [1.29, 1.82) is 0 Å². The minimum Gasteiger partial charge on any atom is -0.466 e. The van der Waals surface area contributed by atoms with Crippen LogP contribution >= 0.6 is 0 Å². The van der Waals surface area contributed by atoms with Crippen molar-refractivity contribution in [3.8, 4) is 0 Å². The molecule has 0 saturated carbocycles. The minimum absolute atomic E-state index is 0.0254. The lowest BCUT2D eigenvalue weighted by Gasteiger charge is -2.06. The Hall–Kier alpha value is -0.830. The van der Waals surface area contributed by atoms with Gasteiger partial charge < -0.3 is 9.84 Å². The van der Waals surface area contributed by atoms with Crippen LogP contribution in [0, 0.1) is 0 Å². The van der Waals surface area contributed by atoms with Gasteiger partial charge in [0.1, 0.15) is 0 Å². The molecular weight excluding hydrogens is 685 g/mol. The zero-order chi connectivity index (χ0) is 40.3. The first-order chi connectivity index (χ1) is 27.8. The van der Waals surface area contributed by atoms with Crippen LogP contribution in [0.15, 0.2) is 12.2 Å². The van der Waals surface area contributed by atoms with E-state index in [1.165, 1.54) is 276 Å². The van der Waals surface area contributed by atoms with Crippen LogP contribution < -0.4 is 0 Å². The average molecular weight is 789 g/mol. The summed E-state index contributed by atoms with van der Waals surface area (Å²) < 4.78 is 5.49. The Labute approximate surface area is 353 Å².